The molecule has 0 atom stereocenters. The van der Waals surface area contributed by atoms with E-state index in [1.807, 2.05) is 0 Å². The van der Waals surface area contributed by atoms with E-state index in [4.69, 9.17) is 0 Å². The Morgan fingerprint density at radius 1 is 1.40 bits per heavy atom. The third-order valence-corrected chi connectivity index (χ3v) is 3.39. The molecule has 0 saturated heterocycles. The van der Waals surface area contributed by atoms with Crippen molar-refractivity contribution in [2.45, 2.75) is 24.5 Å². The molecule has 0 aromatic heterocycles. The first-order valence-corrected chi connectivity index (χ1v) is 4.59. The minimum Gasteiger partial charge on any atom is -0.263 e. The van der Waals surface area contributed by atoms with Crippen molar-refractivity contribution in [1.29, 1.82) is 0 Å². The molecule has 4 nitrogen and oxygen atoms in total. The molecule has 0 aromatic rings. The molecular weight excluding hydrogens is 154 g/mol. The molecule has 5 heteroatoms. The van der Waals surface area contributed by atoms with Gasteiger partial charge in [-0.15, -0.1) is 0 Å². The number of hydrogen-bond acceptors (Lipinski definition) is 3. The van der Waals surface area contributed by atoms with Gasteiger partial charge in [0.2, 0.25) is 10.0 Å². The number of rotatable bonds is 3. The zero-order valence-electron chi connectivity index (χ0n) is 5.33. The predicted molar refractivity (Wildman–Crippen MR) is 35.4 cm³/mol. The number of hydrogen-bond donors (Lipinski definition) is 1. The Bertz CT molecular complexity index is 217. The van der Waals surface area contributed by atoms with E-state index in [1.54, 1.807) is 4.72 Å². The van der Waals surface area contributed by atoms with Crippen molar-refractivity contribution in [2.24, 2.45) is 0 Å². The van der Waals surface area contributed by atoms with Crippen LogP contribution in [-0.2, 0) is 14.8 Å². The van der Waals surface area contributed by atoms with Crippen LogP contribution in [0.4, 0.5) is 0 Å². The molecule has 57 valence electrons. The first-order chi connectivity index (χ1) is 4.67. The van der Waals surface area contributed by atoms with E-state index in [9.17, 15) is 13.2 Å². The van der Waals surface area contributed by atoms with Crippen LogP contribution >= 0.6 is 0 Å². The van der Waals surface area contributed by atoms with E-state index >= 15 is 0 Å². The second-order valence-electron chi connectivity index (χ2n) is 2.30. The van der Waals surface area contributed by atoms with Crippen molar-refractivity contribution in [3.63, 3.8) is 0 Å². The lowest BCUT2D eigenvalue weighted by molar-refractivity contribution is 0.472. The highest BCUT2D eigenvalue weighted by Gasteiger charge is 2.30. The summed E-state index contributed by atoms with van der Waals surface area (Å²) in [5.41, 5.74) is 0. The Morgan fingerprint density at radius 3 is 2.30 bits per heavy atom. The van der Waals surface area contributed by atoms with E-state index in [2.05, 4.69) is 0 Å². The highest BCUT2D eigenvalue weighted by Crippen LogP contribution is 2.24. The lowest BCUT2D eigenvalue weighted by Gasteiger charge is -2.23. The average molecular weight is 162 g/mol. The topological polar surface area (TPSA) is 63.2 Å². The van der Waals surface area contributed by atoms with E-state index in [0.29, 0.717) is 12.8 Å². The van der Waals surface area contributed by atoms with Gasteiger partial charge in [0, 0.05) is 0 Å². The Hall–Kier alpha value is -0.580. The molecule has 1 aliphatic rings. The normalized spacial score (nSPS) is 19.6. The number of nitrogens with one attached hydrogen (secondary N) is 1. The van der Waals surface area contributed by atoms with Gasteiger partial charge >= 0.3 is 6.41 Å². The molecule has 1 rings (SSSR count). The summed E-state index contributed by atoms with van der Waals surface area (Å²) in [6.45, 7) is 0. The third kappa shape index (κ3) is 1.29. The van der Waals surface area contributed by atoms with Crippen LogP contribution in [0.15, 0.2) is 0 Å². The minimum absolute atomic E-state index is 0.353. The van der Waals surface area contributed by atoms with Crippen LogP contribution in [0.3, 0.4) is 0 Å². The maximum Gasteiger partial charge on any atom is 0.323 e. The number of sulfonamides is 1. The summed E-state index contributed by atoms with van der Waals surface area (Å²) in [6.07, 6.45) is 3.43. The molecule has 1 fully saturated rings. The minimum atomic E-state index is -3.35. The monoisotopic (exact) mass is 162 g/mol. The van der Waals surface area contributed by atoms with Crippen LogP contribution in [-0.4, -0.2) is 20.1 Å². The molecule has 1 aliphatic carbocycles. The molecule has 0 aromatic carbocycles. The Balaban J connectivity index is 2.58. The van der Waals surface area contributed by atoms with E-state index in [-0.39, 0.29) is 5.25 Å². The first kappa shape index (κ1) is 7.53. The summed E-state index contributed by atoms with van der Waals surface area (Å²) >= 11 is 0. The summed E-state index contributed by atoms with van der Waals surface area (Å²) in [6, 6.07) is 0. The van der Waals surface area contributed by atoms with Gasteiger partial charge in [0.15, 0.2) is 0 Å². The SMILES string of the molecule is O=[C]NS(=O)(=O)C1CCC1. The highest BCUT2D eigenvalue weighted by atomic mass is 32.2. The van der Waals surface area contributed by atoms with Crippen molar-refractivity contribution in [3.8, 4) is 0 Å². The van der Waals surface area contributed by atoms with E-state index in [0.717, 1.165) is 6.42 Å². The van der Waals surface area contributed by atoms with Crippen molar-refractivity contribution in [2.75, 3.05) is 0 Å². The smallest absolute Gasteiger partial charge is 0.263 e. The van der Waals surface area contributed by atoms with Gasteiger partial charge in [-0.3, -0.25) is 4.79 Å². The number of carbonyl (C=O) groups excluding carboxylic acids is 1. The number of amides is 1. The molecule has 0 bridgehead atoms. The molecule has 0 spiro atoms. The summed E-state index contributed by atoms with van der Waals surface area (Å²) in [5, 5.41) is -0.353. The molecule has 0 aliphatic heterocycles. The molecule has 1 amide bonds. The van der Waals surface area contributed by atoms with Gasteiger partial charge in [0.1, 0.15) is 0 Å². The van der Waals surface area contributed by atoms with Gasteiger partial charge in [0.05, 0.1) is 5.25 Å². The van der Waals surface area contributed by atoms with E-state index in [1.165, 1.54) is 6.41 Å². The van der Waals surface area contributed by atoms with Crippen LogP contribution in [0.2, 0.25) is 0 Å². The molecule has 0 unspecified atom stereocenters. The largest absolute Gasteiger partial charge is 0.323 e. The van der Waals surface area contributed by atoms with Crippen LogP contribution in [0.1, 0.15) is 19.3 Å². The summed E-state index contributed by atoms with van der Waals surface area (Å²) < 4.78 is 23.4. The van der Waals surface area contributed by atoms with Crippen LogP contribution < -0.4 is 4.72 Å². The van der Waals surface area contributed by atoms with Gasteiger partial charge in [-0.05, 0) is 12.8 Å². The van der Waals surface area contributed by atoms with E-state index < -0.39 is 10.0 Å². The average Bonchev–Trinajstić information content (AvgIpc) is 1.56. The lowest BCUT2D eigenvalue weighted by Crippen LogP contribution is -2.37. The van der Waals surface area contributed by atoms with Crippen molar-refractivity contribution in [3.05, 3.63) is 0 Å². The van der Waals surface area contributed by atoms with Gasteiger partial charge in [-0.1, -0.05) is 6.42 Å². The summed E-state index contributed by atoms with van der Waals surface area (Å²) in [4.78, 5) is 9.65. The molecule has 1 radical (unpaired) electrons. The van der Waals surface area contributed by atoms with Crippen molar-refractivity contribution < 1.29 is 13.2 Å². The summed E-state index contributed by atoms with van der Waals surface area (Å²) in [5.74, 6) is 0. The Labute approximate surface area is 59.7 Å². The zero-order valence-corrected chi connectivity index (χ0v) is 6.15. The van der Waals surface area contributed by atoms with Gasteiger partial charge in [-0.2, -0.15) is 0 Å². The first-order valence-electron chi connectivity index (χ1n) is 3.04. The fraction of sp³-hybridized carbons (Fsp3) is 0.800. The fourth-order valence-corrected chi connectivity index (χ4v) is 2.06. The maximum absolute atomic E-state index is 10.8. The quantitative estimate of drug-likeness (QED) is 0.570. The van der Waals surface area contributed by atoms with Gasteiger partial charge < -0.3 is 0 Å². The molecular formula is C5H8NO3S. The second kappa shape index (κ2) is 2.57. The fourth-order valence-electron chi connectivity index (χ4n) is 0.823. The Morgan fingerprint density at radius 2 is 2.00 bits per heavy atom. The van der Waals surface area contributed by atoms with Crippen LogP contribution in [0.25, 0.3) is 0 Å². The standard InChI is InChI=1S/C5H8NO3S/c7-4-6-10(8,9)5-2-1-3-5/h5H,1-3H2,(H,6,7). The van der Waals surface area contributed by atoms with Crippen LogP contribution in [0.5, 0.6) is 0 Å². The van der Waals surface area contributed by atoms with Gasteiger partial charge in [0.25, 0.3) is 0 Å². The molecule has 1 N–H and O–H groups in total. The maximum atomic E-state index is 10.8. The van der Waals surface area contributed by atoms with Crippen LogP contribution in [0, 0.1) is 0 Å². The third-order valence-electron chi connectivity index (χ3n) is 1.67. The molecule has 0 heterocycles. The van der Waals surface area contributed by atoms with Gasteiger partial charge in [-0.25, -0.2) is 13.1 Å². The lowest BCUT2D eigenvalue weighted by atomic mass is 10.0. The van der Waals surface area contributed by atoms with Crippen molar-refractivity contribution in [1.82, 2.24) is 4.72 Å². The second-order valence-corrected chi connectivity index (χ2v) is 4.26. The Kier molecular flexibility index (Phi) is 1.94. The predicted octanol–water partition coefficient (Wildman–Crippen LogP) is -0.475. The molecule has 1 saturated carbocycles. The van der Waals surface area contributed by atoms with Crippen molar-refractivity contribution >= 4 is 16.4 Å². The zero-order chi connectivity index (χ0) is 7.61. The highest BCUT2D eigenvalue weighted by molar-refractivity contribution is 7.90. The summed E-state index contributed by atoms with van der Waals surface area (Å²) in [7, 11) is -3.35. The molecule has 10 heavy (non-hydrogen) atoms.